The van der Waals surface area contributed by atoms with Crippen LogP contribution in [0, 0.1) is 0 Å². The molecule has 1 aromatic heterocycles. The number of aliphatic imine (C=N–C) groups is 1. The Bertz CT molecular complexity index is 363. The van der Waals surface area contributed by atoms with Crippen LogP contribution in [-0.2, 0) is 6.54 Å². The van der Waals surface area contributed by atoms with E-state index in [1.807, 2.05) is 16.9 Å². The number of nitrogens with zero attached hydrogens (tertiary/aromatic N) is 3. The SMILES string of the molecule is NC(=NCCCn1cccn1)NC1CCCCCC1. The van der Waals surface area contributed by atoms with Gasteiger partial charge in [0.25, 0.3) is 0 Å². The summed E-state index contributed by atoms with van der Waals surface area (Å²) in [6, 6.07) is 2.46. The molecule has 0 atom stereocenters. The number of hydrogen-bond acceptors (Lipinski definition) is 2. The first-order valence-corrected chi connectivity index (χ1v) is 7.38. The first-order chi connectivity index (χ1) is 9.34. The Morgan fingerprint density at radius 3 is 2.79 bits per heavy atom. The molecule has 1 aromatic rings. The fourth-order valence-electron chi connectivity index (χ4n) is 2.54. The van der Waals surface area contributed by atoms with Gasteiger partial charge in [0.1, 0.15) is 0 Å². The summed E-state index contributed by atoms with van der Waals surface area (Å²) in [5.74, 6) is 0.604. The van der Waals surface area contributed by atoms with E-state index in [4.69, 9.17) is 5.73 Å². The Morgan fingerprint density at radius 2 is 2.11 bits per heavy atom. The zero-order valence-corrected chi connectivity index (χ0v) is 11.6. The van der Waals surface area contributed by atoms with Gasteiger partial charge in [-0.1, -0.05) is 25.7 Å². The molecule has 19 heavy (non-hydrogen) atoms. The predicted molar refractivity (Wildman–Crippen MR) is 78.0 cm³/mol. The Hall–Kier alpha value is -1.52. The van der Waals surface area contributed by atoms with Crippen LogP contribution in [0.25, 0.3) is 0 Å². The second-order valence-corrected chi connectivity index (χ2v) is 5.22. The molecule has 0 unspecified atom stereocenters. The first kappa shape index (κ1) is 13.9. The number of hydrogen-bond donors (Lipinski definition) is 2. The quantitative estimate of drug-likeness (QED) is 0.369. The van der Waals surface area contributed by atoms with Crippen molar-refractivity contribution in [3.63, 3.8) is 0 Å². The molecule has 1 aliphatic rings. The fraction of sp³-hybridized carbons (Fsp3) is 0.714. The maximum absolute atomic E-state index is 5.93. The molecule has 5 nitrogen and oxygen atoms in total. The Labute approximate surface area is 115 Å². The van der Waals surface area contributed by atoms with E-state index in [1.54, 1.807) is 6.20 Å². The fourth-order valence-corrected chi connectivity index (χ4v) is 2.54. The Balaban J connectivity index is 1.64. The summed E-state index contributed by atoms with van der Waals surface area (Å²) in [6.45, 7) is 1.65. The zero-order chi connectivity index (χ0) is 13.3. The maximum Gasteiger partial charge on any atom is 0.188 e. The average molecular weight is 263 g/mol. The molecule has 2 rings (SSSR count). The first-order valence-electron chi connectivity index (χ1n) is 7.38. The molecule has 0 saturated heterocycles. The van der Waals surface area contributed by atoms with Gasteiger partial charge in [-0.2, -0.15) is 5.10 Å². The van der Waals surface area contributed by atoms with Gasteiger partial charge >= 0.3 is 0 Å². The molecule has 1 saturated carbocycles. The minimum atomic E-state index is 0.525. The molecular formula is C14H25N5. The van der Waals surface area contributed by atoms with Crippen LogP contribution in [0.1, 0.15) is 44.9 Å². The highest BCUT2D eigenvalue weighted by atomic mass is 15.3. The highest BCUT2D eigenvalue weighted by Crippen LogP contribution is 2.16. The van der Waals surface area contributed by atoms with Crippen molar-refractivity contribution in [1.29, 1.82) is 0 Å². The lowest BCUT2D eigenvalue weighted by molar-refractivity contribution is 0.528. The van der Waals surface area contributed by atoms with E-state index in [0.717, 1.165) is 19.5 Å². The van der Waals surface area contributed by atoms with Crippen LogP contribution < -0.4 is 11.1 Å². The topological polar surface area (TPSA) is 68.2 Å². The summed E-state index contributed by atoms with van der Waals surface area (Å²) in [6.07, 6.45) is 12.5. The monoisotopic (exact) mass is 263 g/mol. The van der Waals surface area contributed by atoms with Crippen molar-refractivity contribution in [2.75, 3.05) is 6.54 Å². The van der Waals surface area contributed by atoms with E-state index in [0.29, 0.717) is 12.0 Å². The normalized spacial score (nSPS) is 18.2. The van der Waals surface area contributed by atoms with Gasteiger partial charge in [0.15, 0.2) is 5.96 Å². The molecule has 0 aromatic carbocycles. The minimum Gasteiger partial charge on any atom is -0.370 e. The summed E-state index contributed by atoms with van der Waals surface area (Å²) in [5.41, 5.74) is 5.93. The molecule has 3 N–H and O–H groups in total. The van der Waals surface area contributed by atoms with Crippen LogP contribution in [0.2, 0.25) is 0 Å². The molecule has 0 bridgehead atoms. The molecule has 0 aliphatic heterocycles. The summed E-state index contributed by atoms with van der Waals surface area (Å²) in [4.78, 5) is 4.39. The smallest absolute Gasteiger partial charge is 0.188 e. The molecule has 106 valence electrons. The summed E-state index contributed by atoms with van der Waals surface area (Å²) in [7, 11) is 0. The molecule has 5 heteroatoms. The number of guanidine groups is 1. The average Bonchev–Trinajstić information content (AvgIpc) is 2.79. The van der Waals surface area contributed by atoms with Gasteiger partial charge in [-0.3, -0.25) is 9.67 Å². The van der Waals surface area contributed by atoms with Gasteiger partial charge < -0.3 is 11.1 Å². The number of aryl methyl sites for hydroxylation is 1. The molecule has 1 fully saturated rings. The van der Waals surface area contributed by atoms with Crippen LogP contribution >= 0.6 is 0 Å². The van der Waals surface area contributed by atoms with Crippen molar-refractivity contribution in [3.8, 4) is 0 Å². The third-order valence-corrected chi connectivity index (χ3v) is 3.59. The highest BCUT2D eigenvalue weighted by molar-refractivity contribution is 5.78. The molecular weight excluding hydrogens is 238 g/mol. The number of nitrogens with two attached hydrogens (primary N) is 1. The summed E-state index contributed by atoms with van der Waals surface area (Å²) in [5, 5.41) is 7.52. The predicted octanol–water partition coefficient (Wildman–Crippen LogP) is 1.90. The Kier molecular flexibility index (Phi) is 5.72. The number of rotatable bonds is 5. The van der Waals surface area contributed by atoms with Crippen molar-refractivity contribution in [2.45, 2.75) is 57.5 Å². The second-order valence-electron chi connectivity index (χ2n) is 5.22. The Morgan fingerprint density at radius 1 is 1.32 bits per heavy atom. The van der Waals surface area contributed by atoms with Crippen LogP contribution in [0.15, 0.2) is 23.5 Å². The lowest BCUT2D eigenvalue weighted by atomic mass is 10.1. The molecule has 1 aliphatic carbocycles. The zero-order valence-electron chi connectivity index (χ0n) is 11.6. The van der Waals surface area contributed by atoms with Gasteiger partial charge in [0, 0.05) is 31.5 Å². The molecule has 1 heterocycles. The minimum absolute atomic E-state index is 0.525. The second kappa shape index (κ2) is 7.81. The summed E-state index contributed by atoms with van der Waals surface area (Å²) >= 11 is 0. The van der Waals surface area contributed by atoms with Gasteiger partial charge in [-0.15, -0.1) is 0 Å². The molecule has 0 spiro atoms. The van der Waals surface area contributed by atoms with Crippen molar-refractivity contribution in [1.82, 2.24) is 15.1 Å². The van der Waals surface area contributed by atoms with E-state index in [2.05, 4.69) is 15.4 Å². The number of nitrogens with one attached hydrogen (secondary N) is 1. The lowest BCUT2D eigenvalue weighted by Crippen LogP contribution is -2.39. The van der Waals surface area contributed by atoms with Gasteiger partial charge in [0.05, 0.1) is 0 Å². The van der Waals surface area contributed by atoms with Gasteiger partial charge in [0.2, 0.25) is 0 Å². The molecule has 0 amide bonds. The van der Waals surface area contributed by atoms with E-state index in [-0.39, 0.29) is 0 Å². The van der Waals surface area contributed by atoms with Gasteiger partial charge in [-0.25, -0.2) is 0 Å². The largest absolute Gasteiger partial charge is 0.370 e. The van der Waals surface area contributed by atoms with Crippen LogP contribution in [0.3, 0.4) is 0 Å². The third-order valence-electron chi connectivity index (χ3n) is 3.59. The van der Waals surface area contributed by atoms with Crippen LogP contribution in [0.4, 0.5) is 0 Å². The van der Waals surface area contributed by atoms with E-state index in [1.165, 1.54) is 38.5 Å². The standard InChI is InChI=1S/C14H25N5/c15-14(18-13-7-3-1-2-4-8-13)16-9-5-11-19-12-6-10-17-19/h6,10,12-13H,1-5,7-9,11H2,(H3,15,16,18). The lowest BCUT2D eigenvalue weighted by Gasteiger charge is -2.16. The summed E-state index contributed by atoms with van der Waals surface area (Å²) < 4.78 is 1.92. The van der Waals surface area contributed by atoms with E-state index < -0.39 is 0 Å². The van der Waals surface area contributed by atoms with Crippen LogP contribution in [-0.4, -0.2) is 28.3 Å². The van der Waals surface area contributed by atoms with E-state index in [9.17, 15) is 0 Å². The third kappa shape index (κ3) is 5.32. The van der Waals surface area contributed by atoms with Crippen molar-refractivity contribution in [3.05, 3.63) is 18.5 Å². The van der Waals surface area contributed by atoms with Crippen LogP contribution in [0.5, 0.6) is 0 Å². The van der Waals surface area contributed by atoms with Gasteiger partial charge in [-0.05, 0) is 25.3 Å². The number of aromatic nitrogens is 2. The maximum atomic E-state index is 5.93. The van der Waals surface area contributed by atoms with Crippen molar-refractivity contribution >= 4 is 5.96 Å². The van der Waals surface area contributed by atoms with Crippen molar-refractivity contribution in [2.24, 2.45) is 10.7 Å². The van der Waals surface area contributed by atoms with E-state index >= 15 is 0 Å². The highest BCUT2D eigenvalue weighted by Gasteiger charge is 2.11. The molecule has 0 radical (unpaired) electrons. The van der Waals surface area contributed by atoms with Crippen molar-refractivity contribution < 1.29 is 0 Å².